The van der Waals surface area contributed by atoms with Crippen LogP contribution in [0.15, 0.2) is 12.2 Å². The number of carbonyl (C=O) groups excluding carboxylic acids is 2. The van der Waals surface area contributed by atoms with Gasteiger partial charge in [-0.15, -0.1) is 11.6 Å². The molecule has 72 valence electrons. The van der Waals surface area contributed by atoms with Crippen molar-refractivity contribution in [2.75, 3.05) is 12.5 Å². The minimum Gasteiger partial charge on any atom is -0.465 e. The first-order valence-corrected chi connectivity index (χ1v) is 4.51. The van der Waals surface area contributed by atoms with Crippen molar-refractivity contribution in [1.29, 1.82) is 0 Å². The molecule has 0 aromatic rings. The van der Waals surface area contributed by atoms with Gasteiger partial charge in [0.1, 0.15) is 0 Å². The Morgan fingerprint density at radius 2 is 2.38 bits per heavy atom. The molecule has 0 N–H and O–H groups in total. The average Bonchev–Trinajstić information content (AvgIpc) is 2.47. The SMILES string of the molecule is C=C(CCl)C1(C(C)=O)CCOC1=O. The second-order valence-electron chi connectivity index (χ2n) is 3.08. The Labute approximate surface area is 81.7 Å². The molecule has 0 saturated carbocycles. The Morgan fingerprint density at radius 3 is 2.69 bits per heavy atom. The van der Waals surface area contributed by atoms with Crippen molar-refractivity contribution in [3.63, 3.8) is 0 Å². The fourth-order valence-electron chi connectivity index (χ4n) is 1.53. The van der Waals surface area contributed by atoms with Crippen LogP contribution in [0.2, 0.25) is 0 Å². The number of rotatable bonds is 3. The van der Waals surface area contributed by atoms with Crippen molar-refractivity contribution in [3.05, 3.63) is 12.2 Å². The molecule has 1 rings (SSSR count). The highest BCUT2D eigenvalue weighted by atomic mass is 35.5. The van der Waals surface area contributed by atoms with E-state index in [1.807, 2.05) is 0 Å². The van der Waals surface area contributed by atoms with Crippen LogP contribution in [0.1, 0.15) is 13.3 Å². The van der Waals surface area contributed by atoms with Crippen molar-refractivity contribution < 1.29 is 14.3 Å². The van der Waals surface area contributed by atoms with Crippen LogP contribution in [0.4, 0.5) is 0 Å². The molecule has 0 bridgehead atoms. The molecular weight excluding hydrogens is 192 g/mol. The van der Waals surface area contributed by atoms with Crippen molar-refractivity contribution in [1.82, 2.24) is 0 Å². The first kappa shape index (κ1) is 10.3. The molecule has 1 fully saturated rings. The molecule has 0 radical (unpaired) electrons. The maximum atomic E-state index is 11.4. The maximum Gasteiger partial charge on any atom is 0.323 e. The number of esters is 1. The number of hydrogen-bond acceptors (Lipinski definition) is 3. The summed E-state index contributed by atoms with van der Waals surface area (Å²) in [6.45, 7) is 5.28. The minimum absolute atomic E-state index is 0.106. The molecule has 3 nitrogen and oxygen atoms in total. The van der Waals surface area contributed by atoms with Gasteiger partial charge in [-0.1, -0.05) is 6.58 Å². The van der Waals surface area contributed by atoms with E-state index in [0.717, 1.165) is 0 Å². The number of cyclic esters (lactones) is 1. The topological polar surface area (TPSA) is 43.4 Å². The van der Waals surface area contributed by atoms with E-state index in [1.165, 1.54) is 6.92 Å². The van der Waals surface area contributed by atoms with Crippen molar-refractivity contribution in [2.24, 2.45) is 5.41 Å². The third kappa shape index (κ3) is 1.37. The Kier molecular flexibility index (Phi) is 2.76. The van der Waals surface area contributed by atoms with E-state index >= 15 is 0 Å². The zero-order valence-electron chi connectivity index (χ0n) is 7.43. The van der Waals surface area contributed by atoms with Crippen LogP contribution in [0.25, 0.3) is 0 Å². The van der Waals surface area contributed by atoms with Gasteiger partial charge in [0.25, 0.3) is 0 Å². The molecule has 13 heavy (non-hydrogen) atoms. The molecule has 1 unspecified atom stereocenters. The van der Waals surface area contributed by atoms with Gasteiger partial charge in [0.2, 0.25) is 0 Å². The van der Waals surface area contributed by atoms with Crippen LogP contribution in [0.5, 0.6) is 0 Å². The van der Waals surface area contributed by atoms with Gasteiger partial charge in [-0.2, -0.15) is 0 Å². The Morgan fingerprint density at radius 1 is 1.77 bits per heavy atom. The fourth-order valence-corrected chi connectivity index (χ4v) is 1.75. The summed E-state index contributed by atoms with van der Waals surface area (Å²) in [7, 11) is 0. The lowest BCUT2D eigenvalue weighted by Crippen LogP contribution is -2.36. The number of halogens is 1. The summed E-state index contributed by atoms with van der Waals surface area (Å²) in [5, 5.41) is 0. The summed E-state index contributed by atoms with van der Waals surface area (Å²) in [5.74, 6) is -0.638. The maximum absolute atomic E-state index is 11.4. The van der Waals surface area contributed by atoms with Gasteiger partial charge >= 0.3 is 5.97 Å². The van der Waals surface area contributed by atoms with Crippen LogP contribution < -0.4 is 0 Å². The molecule has 0 aliphatic carbocycles. The van der Waals surface area contributed by atoms with Gasteiger partial charge in [0.05, 0.1) is 6.61 Å². The zero-order valence-corrected chi connectivity index (χ0v) is 8.19. The quantitative estimate of drug-likeness (QED) is 0.300. The first-order valence-electron chi connectivity index (χ1n) is 3.98. The molecule has 1 heterocycles. The van der Waals surface area contributed by atoms with Gasteiger partial charge < -0.3 is 4.74 Å². The van der Waals surface area contributed by atoms with E-state index in [9.17, 15) is 9.59 Å². The summed E-state index contributed by atoms with van der Waals surface area (Å²) in [6.07, 6.45) is 0.368. The van der Waals surface area contributed by atoms with E-state index in [2.05, 4.69) is 6.58 Å². The molecule has 0 amide bonds. The monoisotopic (exact) mass is 202 g/mol. The summed E-state index contributed by atoms with van der Waals surface area (Å²) in [5.41, 5.74) is -0.731. The second kappa shape index (κ2) is 3.50. The number of ether oxygens (including phenoxy) is 1. The Balaban J connectivity index is 3.08. The van der Waals surface area contributed by atoms with Crippen molar-refractivity contribution in [2.45, 2.75) is 13.3 Å². The molecular formula is C9H11ClO3. The largest absolute Gasteiger partial charge is 0.465 e. The van der Waals surface area contributed by atoms with E-state index in [0.29, 0.717) is 12.0 Å². The van der Waals surface area contributed by atoms with Gasteiger partial charge in [-0.05, 0) is 12.5 Å². The average molecular weight is 203 g/mol. The summed E-state index contributed by atoms with van der Waals surface area (Å²) in [6, 6.07) is 0. The second-order valence-corrected chi connectivity index (χ2v) is 3.35. The lowest BCUT2D eigenvalue weighted by molar-refractivity contribution is -0.148. The molecule has 1 atom stereocenters. The van der Waals surface area contributed by atoms with Crippen LogP contribution >= 0.6 is 11.6 Å². The summed E-state index contributed by atoms with van der Waals surface area (Å²) < 4.78 is 4.77. The van der Waals surface area contributed by atoms with Crippen LogP contribution in [0, 0.1) is 5.41 Å². The standard InChI is InChI=1S/C9H11ClO3/c1-6(5-10)9(7(2)11)3-4-13-8(9)12/h1,3-5H2,2H3. The predicted octanol–water partition coefficient (Wildman–Crippen LogP) is 1.30. The van der Waals surface area contributed by atoms with Crippen LogP contribution in [-0.2, 0) is 14.3 Å². The number of carbonyl (C=O) groups is 2. The third-order valence-corrected chi connectivity index (χ3v) is 2.75. The number of ketones is 1. The smallest absolute Gasteiger partial charge is 0.323 e. The highest BCUT2D eigenvalue weighted by molar-refractivity contribution is 6.21. The van der Waals surface area contributed by atoms with Crippen LogP contribution in [0.3, 0.4) is 0 Å². The van der Waals surface area contributed by atoms with Gasteiger partial charge in [-0.25, -0.2) is 0 Å². The number of Topliss-reactive ketones (excluding diaryl/α,β-unsaturated/α-hetero) is 1. The molecule has 1 aliphatic heterocycles. The van der Waals surface area contributed by atoms with E-state index < -0.39 is 11.4 Å². The van der Waals surface area contributed by atoms with Crippen molar-refractivity contribution in [3.8, 4) is 0 Å². The predicted molar refractivity (Wildman–Crippen MR) is 48.6 cm³/mol. The van der Waals surface area contributed by atoms with Gasteiger partial charge in [0.15, 0.2) is 11.2 Å². The third-order valence-electron chi connectivity index (χ3n) is 2.42. The lowest BCUT2D eigenvalue weighted by atomic mass is 9.77. The molecule has 0 aromatic carbocycles. The number of alkyl halides is 1. The summed E-state index contributed by atoms with van der Waals surface area (Å²) in [4.78, 5) is 22.7. The van der Waals surface area contributed by atoms with Gasteiger partial charge in [-0.3, -0.25) is 9.59 Å². The zero-order chi connectivity index (χ0) is 10.1. The van der Waals surface area contributed by atoms with E-state index in [-0.39, 0.29) is 18.3 Å². The molecule has 0 spiro atoms. The molecule has 1 aliphatic rings. The highest BCUT2D eigenvalue weighted by Crippen LogP contribution is 2.38. The molecule has 1 saturated heterocycles. The van der Waals surface area contributed by atoms with E-state index in [1.54, 1.807) is 0 Å². The van der Waals surface area contributed by atoms with E-state index in [4.69, 9.17) is 16.3 Å². The molecule has 0 aromatic heterocycles. The van der Waals surface area contributed by atoms with Crippen molar-refractivity contribution >= 4 is 23.4 Å². The first-order chi connectivity index (χ1) is 6.05. The number of hydrogen-bond donors (Lipinski definition) is 0. The minimum atomic E-state index is -1.16. The summed E-state index contributed by atoms with van der Waals surface area (Å²) >= 11 is 5.57. The Bertz CT molecular complexity index is 272. The normalized spacial score (nSPS) is 27.1. The van der Waals surface area contributed by atoms with Crippen LogP contribution in [-0.4, -0.2) is 24.2 Å². The Hall–Kier alpha value is -0.830. The molecule has 4 heteroatoms. The fraction of sp³-hybridized carbons (Fsp3) is 0.556. The lowest BCUT2D eigenvalue weighted by Gasteiger charge is -2.22. The highest BCUT2D eigenvalue weighted by Gasteiger charge is 2.50. The van der Waals surface area contributed by atoms with Gasteiger partial charge in [0, 0.05) is 12.3 Å².